The standard InChI is InChI=1S/C30H29N2O/c1-17(2)19-13-14-32(6)25(15-19)26-18(3)11-12-21-23-16-22-20-9-7-8-10-24(20)30(4,5)28(22)31-29(23)33-27(21)26/h7-17H,1-6H3/q+1. The van der Waals surface area contributed by atoms with E-state index in [0.29, 0.717) is 5.92 Å². The predicted octanol–water partition coefficient (Wildman–Crippen LogP) is 7.21. The van der Waals surface area contributed by atoms with E-state index in [1.807, 2.05) is 0 Å². The van der Waals surface area contributed by atoms with Crippen LogP contribution in [-0.4, -0.2) is 4.98 Å². The lowest BCUT2D eigenvalue weighted by Gasteiger charge is -2.19. The van der Waals surface area contributed by atoms with E-state index in [1.54, 1.807) is 0 Å². The Morgan fingerprint density at radius 1 is 0.939 bits per heavy atom. The van der Waals surface area contributed by atoms with Crippen molar-refractivity contribution in [2.45, 2.75) is 46.0 Å². The van der Waals surface area contributed by atoms with Crippen molar-refractivity contribution in [2.24, 2.45) is 7.05 Å². The van der Waals surface area contributed by atoms with Crippen LogP contribution in [0.4, 0.5) is 0 Å². The van der Waals surface area contributed by atoms with E-state index in [0.717, 1.165) is 33.3 Å². The lowest BCUT2D eigenvalue weighted by Crippen LogP contribution is -2.31. The molecule has 0 radical (unpaired) electrons. The largest absolute Gasteiger partial charge is 0.437 e. The molecule has 0 atom stereocenters. The molecule has 33 heavy (non-hydrogen) atoms. The Morgan fingerprint density at radius 2 is 1.73 bits per heavy atom. The van der Waals surface area contributed by atoms with Crippen molar-refractivity contribution < 1.29 is 8.98 Å². The van der Waals surface area contributed by atoms with Gasteiger partial charge >= 0.3 is 0 Å². The summed E-state index contributed by atoms with van der Waals surface area (Å²) in [6.45, 7) is 11.1. The number of pyridine rings is 2. The topological polar surface area (TPSA) is 29.9 Å². The van der Waals surface area contributed by atoms with Gasteiger partial charge in [-0.05, 0) is 41.2 Å². The predicted molar refractivity (Wildman–Crippen MR) is 135 cm³/mol. The molecule has 2 aromatic carbocycles. The highest BCUT2D eigenvalue weighted by atomic mass is 16.3. The maximum absolute atomic E-state index is 6.57. The van der Waals surface area contributed by atoms with Crippen molar-refractivity contribution in [3.05, 3.63) is 83.2 Å². The zero-order valence-corrected chi connectivity index (χ0v) is 20.2. The number of aryl methyl sites for hydroxylation is 2. The van der Waals surface area contributed by atoms with Crippen molar-refractivity contribution in [1.82, 2.24) is 4.98 Å². The van der Waals surface area contributed by atoms with E-state index in [4.69, 9.17) is 9.40 Å². The van der Waals surface area contributed by atoms with Crippen LogP contribution in [0.15, 0.2) is 65.2 Å². The van der Waals surface area contributed by atoms with Crippen LogP contribution in [0.3, 0.4) is 0 Å². The molecule has 1 aliphatic rings. The fraction of sp³-hybridized carbons (Fsp3) is 0.267. The van der Waals surface area contributed by atoms with Crippen molar-refractivity contribution >= 4 is 22.1 Å². The van der Waals surface area contributed by atoms with Crippen LogP contribution < -0.4 is 4.57 Å². The summed E-state index contributed by atoms with van der Waals surface area (Å²) >= 11 is 0. The molecule has 5 aromatic rings. The van der Waals surface area contributed by atoms with Crippen LogP contribution >= 0.6 is 0 Å². The Bertz CT molecular complexity index is 1590. The van der Waals surface area contributed by atoms with Crippen LogP contribution in [0.2, 0.25) is 0 Å². The third-order valence-corrected chi connectivity index (χ3v) is 7.42. The first-order valence-electron chi connectivity index (χ1n) is 11.7. The molecule has 0 fully saturated rings. The molecule has 3 nitrogen and oxygen atoms in total. The summed E-state index contributed by atoms with van der Waals surface area (Å²) in [5.74, 6) is 0.465. The molecule has 0 saturated carbocycles. The Hall–Kier alpha value is -3.46. The van der Waals surface area contributed by atoms with Gasteiger partial charge in [-0.3, -0.25) is 0 Å². The second kappa shape index (κ2) is 6.77. The number of furan rings is 1. The van der Waals surface area contributed by atoms with E-state index in [9.17, 15) is 0 Å². The monoisotopic (exact) mass is 433 g/mol. The molecule has 0 saturated heterocycles. The SMILES string of the molecule is Cc1ccc2c(oc3nc4c(cc32)-c2ccccc2C4(C)C)c1-c1cc(C(C)C)cc[n+]1C. The molecule has 0 aliphatic heterocycles. The molecule has 1 aliphatic carbocycles. The van der Waals surface area contributed by atoms with E-state index in [2.05, 4.69) is 107 Å². The van der Waals surface area contributed by atoms with Crippen molar-refractivity contribution in [3.63, 3.8) is 0 Å². The van der Waals surface area contributed by atoms with E-state index < -0.39 is 0 Å². The Morgan fingerprint density at radius 3 is 2.52 bits per heavy atom. The van der Waals surface area contributed by atoms with Gasteiger partial charge in [0, 0.05) is 33.9 Å². The highest BCUT2D eigenvalue weighted by molar-refractivity contribution is 6.10. The van der Waals surface area contributed by atoms with Gasteiger partial charge in [-0.1, -0.05) is 64.1 Å². The molecule has 3 heterocycles. The van der Waals surface area contributed by atoms with Crippen LogP contribution in [0.1, 0.15) is 56.0 Å². The number of nitrogens with zero attached hydrogens (tertiary/aromatic N) is 2. The van der Waals surface area contributed by atoms with Crippen molar-refractivity contribution in [2.75, 3.05) is 0 Å². The molecule has 3 heteroatoms. The summed E-state index contributed by atoms with van der Waals surface area (Å²) < 4.78 is 8.76. The number of hydrogen-bond acceptors (Lipinski definition) is 2. The second-order valence-electron chi connectivity index (χ2n) is 10.3. The first kappa shape index (κ1) is 20.2. The molecule has 164 valence electrons. The molecule has 0 spiro atoms. The van der Waals surface area contributed by atoms with Gasteiger partial charge < -0.3 is 4.42 Å². The molecular formula is C30H29N2O+. The normalized spacial score (nSPS) is 14.3. The molecule has 0 bridgehead atoms. The maximum atomic E-state index is 6.57. The Kier molecular flexibility index (Phi) is 4.14. The first-order chi connectivity index (χ1) is 15.8. The third kappa shape index (κ3) is 2.75. The van der Waals surface area contributed by atoms with Crippen molar-refractivity contribution in [3.8, 4) is 22.4 Å². The lowest BCUT2D eigenvalue weighted by atomic mass is 9.85. The molecule has 0 unspecified atom stereocenters. The average molecular weight is 434 g/mol. The summed E-state index contributed by atoms with van der Waals surface area (Å²) in [6, 6.07) is 19.9. The van der Waals surface area contributed by atoms with Gasteiger partial charge in [-0.25, -0.2) is 9.55 Å². The zero-order valence-electron chi connectivity index (χ0n) is 20.2. The van der Waals surface area contributed by atoms with Gasteiger partial charge in [0.25, 0.3) is 0 Å². The van der Waals surface area contributed by atoms with Gasteiger partial charge in [-0.2, -0.15) is 0 Å². The van der Waals surface area contributed by atoms with E-state index >= 15 is 0 Å². The summed E-state index contributed by atoms with van der Waals surface area (Å²) in [7, 11) is 2.10. The van der Waals surface area contributed by atoms with Gasteiger partial charge in [-0.15, -0.1) is 0 Å². The van der Waals surface area contributed by atoms with Gasteiger partial charge in [0.05, 0.1) is 11.3 Å². The van der Waals surface area contributed by atoms with E-state index in [1.165, 1.54) is 33.5 Å². The fourth-order valence-electron chi connectivity index (χ4n) is 5.45. The molecule has 0 N–H and O–H groups in total. The highest BCUT2D eigenvalue weighted by Gasteiger charge is 2.37. The zero-order chi connectivity index (χ0) is 23.1. The molecule has 6 rings (SSSR count). The summed E-state index contributed by atoms with van der Waals surface area (Å²) in [4.78, 5) is 5.12. The molecule has 0 amide bonds. The number of fused-ring (bicyclic) bond motifs is 6. The Balaban J connectivity index is 1.67. The van der Waals surface area contributed by atoms with Crippen LogP contribution in [-0.2, 0) is 12.5 Å². The lowest BCUT2D eigenvalue weighted by molar-refractivity contribution is -0.660. The fourth-order valence-corrected chi connectivity index (χ4v) is 5.45. The quantitative estimate of drug-likeness (QED) is 0.275. The average Bonchev–Trinajstić information content (AvgIpc) is 3.26. The van der Waals surface area contributed by atoms with Crippen LogP contribution in [0, 0.1) is 6.92 Å². The first-order valence-corrected chi connectivity index (χ1v) is 11.7. The smallest absolute Gasteiger partial charge is 0.227 e. The Labute approximate surface area is 194 Å². The van der Waals surface area contributed by atoms with Gasteiger partial charge in [0.15, 0.2) is 11.8 Å². The summed E-state index contributed by atoms with van der Waals surface area (Å²) in [5.41, 5.74) is 11.3. The van der Waals surface area contributed by atoms with Crippen molar-refractivity contribution in [1.29, 1.82) is 0 Å². The molecule has 3 aromatic heterocycles. The summed E-state index contributed by atoms with van der Waals surface area (Å²) in [6.07, 6.45) is 2.15. The van der Waals surface area contributed by atoms with Gasteiger partial charge in [0.1, 0.15) is 7.05 Å². The second-order valence-corrected chi connectivity index (χ2v) is 10.3. The van der Waals surface area contributed by atoms with Crippen LogP contribution in [0.25, 0.3) is 44.5 Å². The number of benzene rings is 2. The highest BCUT2D eigenvalue weighted by Crippen LogP contribution is 2.49. The maximum Gasteiger partial charge on any atom is 0.227 e. The molecular weight excluding hydrogens is 404 g/mol. The minimum atomic E-state index is -0.143. The van der Waals surface area contributed by atoms with Gasteiger partial charge in [0.2, 0.25) is 11.4 Å². The number of rotatable bonds is 2. The third-order valence-electron chi connectivity index (χ3n) is 7.42. The minimum absolute atomic E-state index is 0.143. The summed E-state index contributed by atoms with van der Waals surface area (Å²) in [5, 5.41) is 2.21. The van der Waals surface area contributed by atoms with Crippen LogP contribution in [0.5, 0.6) is 0 Å². The minimum Gasteiger partial charge on any atom is -0.437 e. The van der Waals surface area contributed by atoms with E-state index in [-0.39, 0.29) is 5.41 Å². The number of hydrogen-bond donors (Lipinski definition) is 0. The number of aromatic nitrogens is 2.